The highest BCUT2D eigenvalue weighted by Crippen LogP contribution is 2.33. The quantitative estimate of drug-likeness (QED) is 0.856. The molecule has 1 aliphatic heterocycles. The number of rotatable bonds is 2. The zero-order chi connectivity index (χ0) is 11.8. The van der Waals surface area contributed by atoms with Crippen molar-refractivity contribution in [1.29, 1.82) is 0 Å². The molecule has 0 amide bonds. The molecule has 0 aromatic heterocycles. The minimum absolute atomic E-state index is 0.184. The lowest BCUT2D eigenvalue weighted by molar-refractivity contribution is 0.504. The third kappa shape index (κ3) is 1.87. The van der Waals surface area contributed by atoms with Crippen LogP contribution in [-0.4, -0.2) is 20.7 Å². The maximum absolute atomic E-state index is 12.0. The van der Waals surface area contributed by atoms with Crippen molar-refractivity contribution < 1.29 is 8.42 Å². The van der Waals surface area contributed by atoms with E-state index < -0.39 is 9.84 Å². The van der Waals surface area contributed by atoms with E-state index in [1.54, 1.807) is 0 Å². The van der Waals surface area contributed by atoms with E-state index in [2.05, 4.69) is 5.32 Å². The summed E-state index contributed by atoms with van der Waals surface area (Å²) in [5.74, 6) is 0.252. The average molecular weight is 239 g/mol. The SMILES string of the molecule is CCNC1CCS(=O)(=O)c2c(C)cccc21. The highest BCUT2D eigenvalue weighted by Gasteiger charge is 2.30. The second-order valence-electron chi connectivity index (χ2n) is 4.21. The van der Waals surface area contributed by atoms with Gasteiger partial charge in [0, 0.05) is 6.04 Å². The molecule has 88 valence electrons. The van der Waals surface area contributed by atoms with E-state index in [1.165, 1.54) is 0 Å². The summed E-state index contributed by atoms with van der Waals surface area (Å²) in [5, 5.41) is 3.34. The van der Waals surface area contributed by atoms with Crippen LogP contribution in [0.25, 0.3) is 0 Å². The molecule has 0 fully saturated rings. The van der Waals surface area contributed by atoms with Crippen molar-refractivity contribution in [1.82, 2.24) is 5.32 Å². The fourth-order valence-electron chi connectivity index (χ4n) is 2.36. The summed E-state index contributed by atoms with van der Waals surface area (Å²) in [6, 6.07) is 5.90. The Kier molecular flexibility index (Phi) is 3.04. The molecule has 1 heterocycles. The van der Waals surface area contributed by atoms with Gasteiger partial charge >= 0.3 is 0 Å². The van der Waals surface area contributed by atoms with Crippen LogP contribution in [0.3, 0.4) is 0 Å². The van der Waals surface area contributed by atoms with Crippen LogP contribution in [0.2, 0.25) is 0 Å². The summed E-state index contributed by atoms with van der Waals surface area (Å²) in [7, 11) is -3.06. The number of nitrogens with one attached hydrogen (secondary N) is 1. The Morgan fingerprint density at radius 1 is 1.44 bits per heavy atom. The first-order chi connectivity index (χ1) is 7.56. The zero-order valence-electron chi connectivity index (χ0n) is 9.66. The van der Waals surface area contributed by atoms with E-state index in [1.807, 2.05) is 32.0 Å². The minimum atomic E-state index is -3.06. The van der Waals surface area contributed by atoms with Crippen LogP contribution in [0.15, 0.2) is 23.1 Å². The molecule has 2 rings (SSSR count). The van der Waals surface area contributed by atoms with Crippen LogP contribution < -0.4 is 5.32 Å². The monoisotopic (exact) mass is 239 g/mol. The Bertz CT molecular complexity index is 494. The molecule has 0 spiro atoms. The van der Waals surface area contributed by atoms with Gasteiger partial charge in [-0.05, 0) is 31.0 Å². The van der Waals surface area contributed by atoms with E-state index in [0.29, 0.717) is 11.3 Å². The summed E-state index contributed by atoms with van der Waals surface area (Å²) < 4.78 is 24.0. The number of benzene rings is 1. The lowest BCUT2D eigenvalue weighted by Crippen LogP contribution is -2.30. The first-order valence-corrected chi connectivity index (χ1v) is 7.27. The Morgan fingerprint density at radius 3 is 2.88 bits per heavy atom. The van der Waals surface area contributed by atoms with Crippen molar-refractivity contribution in [3.8, 4) is 0 Å². The van der Waals surface area contributed by atoms with E-state index in [4.69, 9.17) is 0 Å². The molecule has 1 aromatic carbocycles. The van der Waals surface area contributed by atoms with E-state index >= 15 is 0 Å². The second-order valence-corrected chi connectivity index (χ2v) is 6.26. The van der Waals surface area contributed by atoms with Gasteiger partial charge in [0.1, 0.15) is 0 Å². The molecule has 1 aliphatic rings. The molecule has 0 bridgehead atoms. The van der Waals surface area contributed by atoms with Gasteiger partial charge in [-0.15, -0.1) is 0 Å². The summed E-state index contributed by atoms with van der Waals surface area (Å²) >= 11 is 0. The predicted molar refractivity (Wildman–Crippen MR) is 64.3 cm³/mol. The summed E-state index contributed by atoms with van der Waals surface area (Å²) in [5.41, 5.74) is 1.80. The molecule has 4 heteroatoms. The Morgan fingerprint density at radius 2 is 2.19 bits per heavy atom. The van der Waals surface area contributed by atoms with Crippen LogP contribution >= 0.6 is 0 Å². The molecule has 3 nitrogen and oxygen atoms in total. The fraction of sp³-hybridized carbons (Fsp3) is 0.500. The molecule has 0 aliphatic carbocycles. The highest BCUT2D eigenvalue weighted by molar-refractivity contribution is 7.91. The molecule has 0 radical (unpaired) electrons. The van der Waals surface area contributed by atoms with Gasteiger partial charge in [0.05, 0.1) is 10.6 Å². The smallest absolute Gasteiger partial charge is 0.179 e. The van der Waals surface area contributed by atoms with Gasteiger partial charge < -0.3 is 5.32 Å². The molecule has 1 unspecified atom stereocenters. The minimum Gasteiger partial charge on any atom is -0.310 e. The Labute approximate surface area is 96.8 Å². The van der Waals surface area contributed by atoms with Gasteiger partial charge in [-0.25, -0.2) is 8.42 Å². The Hall–Kier alpha value is -0.870. The third-order valence-electron chi connectivity index (χ3n) is 3.05. The van der Waals surface area contributed by atoms with Gasteiger partial charge in [0.2, 0.25) is 0 Å². The largest absolute Gasteiger partial charge is 0.310 e. The van der Waals surface area contributed by atoms with Gasteiger partial charge in [-0.2, -0.15) is 0 Å². The molecular weight excluding hydrogens is 222 g/mol. The lowest BCUT2D eigenvalue weighted by atomic mass is 10.0. The van der Waals surface area contributed by atoms with Crippen LogP contribution in [0.5, 0.6) is 0 Å². The number of hydrogen-bond donors (Lipinski definition) is 1. The van der Waals surface area contributed by atoms with Gasteiger partial charge in [-0.3, -0.25) is 0 Å². The van der Waals surface area contributed by atoms with Crippen LogP contribution in [-0.2, 0) is 9.84 Å². The number of aryl methyl sites for hydroxylation is 1. The van der Waals surface area contributed by atoms with Crippen molar-refractivity contribution in [3.63, 3.8) is 0 Å². The van der Waals surface area contributed by atoms with Gasteiger partial charge in [-0.1, -0.05) is 25.1 Å². The van der Waals surface area contributed by atoms with Crippen molar-refractivity contribution in [2.45, 2.75) is 31.2 Å². The van der Waals surface area contributed by atoms with E-state index in [-0.39, 0.29) is 11.8 Å². The summed E-state index contributed by atoms with van der Waals surface area (Å²) in [4.78, 5) is 0.548. The number of sulfone groups is 1. The second kappa shape index (κ2) is 4.18. The van der Waals surface area contributed by atoms with Gasteiger partial charge in [0.25, 0.3) is 0 Å². The molecular formula is C12H17NO2S. The first-order valence-electron chi connectivity index (χ1n) is 5.62. The highest BCUT2D eigenvalue weighted by atomic mass is 32.2. The first kappa shape index (κ1) is 11.6. The van der Waals surface area contributed by atoms with Crippen molar-refractivity contribution in [2.75, 3.05) is 12.3 Å². The van der Waals surface area contributed by atoms with E-state index in [9.17, 15) is 8.42 Å². The number of fused-ring (bicyclic) bond motifs is 1. The molecule has 16 heavy (non-hydrogen) atoms. The van der Waals surface area contributed by atoms with Crippen molar-refractivity contribution in [3.05, 3.63) is 29.3 Å². The molecule has 0 saturated carbocycles. The van der Waals surface area contributed by atoms with Crippen LogP contribution in [0.1, 0.15) is 30.5 Å². The maximum atomic E-state index is 12.0. The summed E-state index contributed by atoms with van der Waals surface area (Å²) in [6.07, 6.45) is 0.673. The normalized spacial score (nSPS) is 22.8. The van der Waals surface area contributed by atoms with Crippen LogP contribution in [0.4, 0.5) is 0 Å². The Balaban J connectivity index is 2.58. The van der Waals surface area contributed by atoms with Crippen molar-refractivity contribution >= 4 is 9.84 Å². The summed E-state index contributed by atoms with van der Waals surface area (Å²) in [6.45, 7) is 4.77. The number of hydrogen-bond acceptors (Lipinski definition) is 3. The lowest BCUT2D eigenvalue weighted by Gasteiger charge is -2.27. The molecule has 1 N–H and O–H groups in total. The topological polar surface area (TPSA) is 46.2 Å². The molecule has 0 saturated heterocycles. The van der Waals surface area contributed by atoms with Crippen LogP contribution in [0, 0.1) is 6.92 Å². The average Bonchev–Trinajstić information content (AvgIpc) is 2.22. The standard InChI is InChI=1S/C12H17NO2S/c1-3-13-11-7-8-16(14,15)12-9(2)5-4-6-10(11)12/h4-6,11,13H,3,7-8H2,1-2H3. The van der Waals surface area contributed by atoms with E-state index in [0.717, 1.165) is 17.7 Å². The fourth-order valence-corrected chi connectivity index (χ4v) is 4.24. The molecule has 1 aromatic rings. The van der Waals surface area contributed by atoms with Gasteiger partial charge in [0.15, 0.2) is 9.84 Å². The third-order valence-corrected chi connectivity index (χ3v) is 5.01. The van der Waals surface area contributed by atoms with Crippen molar-refractivity contribution in [2.24, 2.45) is 0 Å². The molecule has 1 atom stereocenters. The predicted octanol–water partition coefficient (Wildman–Crippen LogP) is 1.82. The maximum Gasteiger partial charge on any atom is 0.179 e. The zero-order valence-corrected chi connectivity index (χ0v) is 10.5.